The molecule has 2 aromatic heterocycles. The van der Waals surface area contributed by atoms with Gasteiger partial charge >= 0.3 is 0 Å². The van der Waals surface area contributed by atoms with Crippen LogP contribution in [0.1, 0.15) is 60.9 Å². The van der Waals surface area contributed by atoms with Crippen LogP contribution < -0.4 is 9.47 Å². The Hall–Kier alpha value is -3.74. The molecule has 0 bridgehead atoms. The lowest BCUT2D eigenvalue weighted by Crippen LogP contribution is -2.47. The fraction of sp³-hybridized carbons (Fsp3) is 0.421. The van der Waals surface area contributed by atoms with Crippen molar-refractivity contribution in [2.45, 2.75) is 64.5 Å². The lowest BCUT2D eigenvalue weighted by molar-refractivity contribution is 0.0847. The first kappa shape index (κ1) is 29.0. The zero-order valence-electron chi connectivity index (χ0n) is 26.7. The highest BCUT2D eigenvalue weighted by atomic mass is 16.5. The highest BCUT2D eigenvalue weighted by Crippen LogP contribution is 2.38. The molecule has 0 aliphatic carbocycles. The first-order valence-electron chi connectivity index (χ1n) is 16.5. The minimum absolute atomic E-state index is 0.629. The van der Waals surface area contributed by atoms with Gasteiger partial charge in [0.15, 0.2) is 11.5 Å². The highest BCUT2D eigenvalue weighted by molar-refractivity contribution is 5.91. The number of hydrogen-bond donors (Lipinski definition) is 2. The van der Waals surface area contributed by atoms with Gasteiger partial charge in [-0.05, 0) is 124 Å². The van der Waals surface area contributed by atoms with Gasteiger partial charge in [-0.25, -0.2) is 0 Å². The Morgan fingerprint density at radius 3 is 2.25 bits per heavy atom. The van der Waals surface area contributed by atoms with Gasteiger partial charge in [0.05, 0.1) is 14.2 Å². The number of likely N-dealkylation sites (tertiary alicyclic amines) is 2. The molecule has 0 amide bonds. The first-order valence-corrected chi connectivity index (χ1v) is 16.5. The average molecular weight is 591 g/mol. The van der Waals surface area contributed by atoms with E-state index in [4.69, 9.17) is 9.47 Å². The van der Waals surface area contributed by atoms with Crippen molar-refractivity contribution in [3.63, 3.8) is 0 Å². The molecule has 0 unspecified atom stereocenters. The molecule has 2 saturated heterocycles. The van der Waals surface area contributed by atoms with Crippen LogP contribution in [0.5, 0.6) is 11.5 Å². The van der Waals surface area contributed by atoms with Crippen LogP contribution in [-0.4, -0.2) is 66.2 Å². The van der Waals surface area contributed by atoms with Crippen molar-refractivity contribution < 1.29 is 9.47 Å². The predicted molar refractivity (Wildman–Crippen MR) is 181 cm³/mol. The molecule has 0 radical (unpaired) electrons. The van der Waals surface area contributed by atoms with Crippen LogP contribution in [-0.2, 0) is 13.0 Å². The summed E-state index contributed by atoms with van der Waals surface area (Å²) >= 11 is 0. The second kappa shape index (κ2) is 12.3. The number of hydrogen-bond acceptors (Lipinski definition) is 4. The van der Waals surface area contributed by atoms with Gasteiger partial charge in [-0.15, -0.1) is 0 Å². The van der Waals surface area contributed by atoms with Gasteiger partial charge in [0.2, 0.25) is 0 Å². The number of methoxy groups -OCH3 is 2. The van der Waals surface area contributed by atoms with E-state index in [-0.39, 0.29) is 0 Å². The van der Waals surface area contributed by atoms with Crippen LogP contribution in [0.4, 0.5) is 0 Å². The summed E-state index contributed by atoms with van der Waals surface area (Å²) in [5.74, 6) is 2.14. The van der Waals surface area contributed by atoms with E-state index in [0.29, 0.717) is 5.92 Å². The third-order valence-electron chi connectivity index (χ3n) is 10.4. The molecule has 0 saturated carbocycles. The summed E-state index contributed by atoms with van der Waals surface area (Å²) in [6.45, 7) is 10.3. The number of rotatable bonds is 8. The van der Waals surface area contributed by atoms with Gasteiger partial charge in [0.1, 0.15) is 0 Å². The maximum absolute atomic E-state index is 5.59. The third kappa shape index (κ3) is 5.39. The molecular weight excluding hydrogens is 544 g/mol. The number of aromatic nitrogens is 2. The molecule has 4 heterocycles. The number of aryl methyl sites for hydroxylation is 2. The predicted octanol–water partition coefficient (Wildman–Crippen LogP) is 8.05. The number of ether oxygens (including phenoxy) is 2. The number of H-pyrrole nitrogens is 2. The summed E-state index contributed by atoms with van der Waals surface area (Å²) in [7, 11) is 3.38. The van der Waals surface area contributed by atoms with E-state index in [1.54, 1.807) is 14.2 Å². The molecule has 6 heteroatoms. The van der Waals surface area contributed by atoms with Crippen LogP contribution in [0, 0.1) is 6.92 Å². The Bertz CT molecular complexity index is 1750. The smallest absolute Gasteiger partial charge is 0.161 e. The monoisotopic (exact) mass is 590 g/mol. The van der Waals surface area contributed by atoms with Gasteiger partial charge in [0.25, 0.3) is 0 Å². The van der Waals surface area contributed by atoms with Crippen LogP contribution in [0.2, 0.25) is 0 Å². The van der Waals surface area contributed by atoms with E-state index < -0.39 is 0 Å². The minimum Gasteiger partial charge on any atom is -0.493 e. The summed E-state index contributed by atoms with van der Waals surface area (Å²) in [5, 5.41) is 2.74. The summed E-state index contributed by atoms with van der Waals surface area (Å²) in [5.41, 5.74) is 10.4. The molecule has 3 aromatic carbocycles. The number of nitrogens with zero attached hydrogens (tertiary/aromatic N) is 2. The topological polar surface area (TPSA) is 56.5 Å². The Morgan fingerprint density at radius 2 is 1.50 bits per heavy atom. The SMILES string of the molecule is CCc1c(-c2ccc(OC)c(OC)c2)[nH]c2ccc(C3CCN(C4CCN(Cc5c(C)[nH]c6ccccc56)CC4)CC3)cc12. The molecule has 0 atom stereocenters. The fourth-order valence-corrected chi connectivity index (χ4v) is 7.93. The van der Waals surface area contributed by atoms with E-state index >= 15 is 0 Å². The molecule has 2 aliphatic heterocycles. The van der Waals surface area contributed by atoms with Gasteiger partial charge < -0.3 is 24.3 Å². The minimum atomic E-state index is 0.629. The molecule has 7 rings (SSSR count). The molecule has 44 heavy (non-hydrogen) atoms. The number of aromatic amines is 2. The number of nitrogens with one attached hydrogen (secondary N) is 2. The molecular formula is C38H46N4O2. The van der Waals surface area contributed by atoms with Crippen molar-refractivity contribution >= 4 is 21.8 Å². The number of benzene rings is 3. The maximum atomic E-state index is 5.59. The zero-order chi connectivity index (χ0) is 30.2. The molecule has 2 fully saturated rings. The third-order valence-corrected chi connectivity index (χ3v) is 10.4. The van der Waals surface area contributed by atoms with Crippen LogP contribution >= 0.6 is 0 Å². The van der Waals surface area contributed by atoms with E-state index in [1.165, 1.54) is 102 Å². The Morgan fingerprint density at radius 1 is 0.750 bits per heavy atom. The van der Waals surface area contributed by atoms with Gasteiger partial charge in [-0.2, -0.15) is 0 Å². The summed E-state index contributed by atoms with van der Waals surface area (Å²) < 4.78 is 11.1. The number of piperidine rings is 2. The normalized spacial score (nSPS) is 17.5. The van der Waals surface area contributed by atoms with Crippen LogP contribution in [0.15, 0.2) is 60.7 Å². The van der Waals surface area contributed by atoms with E-state index in [9.17, 15) is 0 Å². The van der Waals surface area contributed by atoms with Gasteiger partial charge in [-0.3, -0.25) is 4.90 Å². The van der Waals surface area contributed by atoms with Crippen molar-refractivity contribution in [1.82, 2.24) is 19.8 Å². The fourth-order valence-electron chi connectivity index (χ4n) is 7.93. The van der Waals surface area contributed by atoms with Crippen molar-refractivity contribution in [2.24, 2.45) is 0 Å². The van der Waals surface area contributed by atoms with Crippen LogP contribution in [0.25, 0.3) is 33.1 Å². The van der Waals surface area contributed by atoms with Crippen LogP contribution in [0.3, 0.4) is 0 Å². The maximum Gasteiger partial charge on any atom is 0.161 e. The quantitative estimate of drug-likeness (QED) is 0.192. The molecule has 6 nitrogen and oxygen atoms in total. The number of fused-ring (bicyclic) bond motifs is 2. The molecule has 0 spiro atoms. The second-order valence-corrected chi connectivity index (χ2v) is 12.8. The van der Waals surface area contributed by atoms with E-state index in [0.717, 1.165) is 36.1 Å². The summed E-state index contributed by atoms with van der Waals surface area (Å²) in [6, 6.07) is 22.8. The van der Waals surface area contributed by atoms with E-state index in [1.807, 2.05) is 6.07 Å². The summed E-state index contributed by atoms with van der Waals surface area (Å²) in [6.07, 6.45) is 6.02. The zero-order valence-corrected chi connectivity index (χ0v) is 26.7. The highest BCUT2D eigenvalue weighted by Gasteiger charge is 2.29. The van der Waals surface area contributed by atoms with Crippen molar-refractivity contribution in [3.8, 4) is 22.8 Å². The second-order valence-electron chi connectivity index (χ2n) is 12.8. The Balaban J connectivity index is 0.991. The molecule has 2 aliphatic rings. The van der Waals surface area contributed by atoms with Crippen molar-refractivity contribution in [2.75, 3.05) is 40.4 Å². The van der Waals surface area contributed by atoms with Gasteiger partial charge in [0, 0.05) is 51.3 Å². The molecule has 5 aromatic rings. The van der Waals surface area contributed by atoms with Crippen molar-refractivity contribution in [1.29, 1.82) is 0 Å². The molecule has 2 N–H and O–H groups in total. The Kier molecular flexibility index (Phi) is 8.13. The van der Waals surface area contributed by atoms with Gasteiger partial charge in [-0.1, -0.05) is 31.2 Å². The van der Waals surface area contributed by atoms with Crippen molar-refractivity contribution in [3.05, 3.63) is 83.0 Å². The molecule has 230 valence electrons. The first-order chi connectivity index (χ1) is 21.6. The standard InChI is InChI=1S/C38H46N4O2/c1-5-30-32-22-27(10-12-35(32)40-38(30)28-11-13-36(43-3)37(23-28)44-4)26-14-20-42(21-15-26)29-16-18-41(19-17-29)24-33-25(2)39-34-9-7-6-8-31(33)34/h6-13,22-23,26,29,39-40H,5,14-21,24H2,1-4H3. The largest absolute Gasteiger partial charge is 0.493 e. The lowest BCUT2D eigenvalue weighted by Gasteiger charge is -2.42. The lowest BCUT2D eigenvalue weighted by atomic mass is 9.87. The number of para-hydroxylation sites is 1. The average Bonchev–Trinajstić information content (AvgIpc) is 3.61. The Labute approximate surface area is 261 Å². The summed E-state index contributed by atoms with van der Waals surface area (Å²) in [4.78, 5) is 12.8. The van der Waals surface area contributed by atoms with E-state index in [2.05, 4.69) is 88.2 Å².